The second kappa shape index (κ2) is 7.28. The zero-order chi connectivity index (χ0) is 14.9. The van der Waals surface area contributed by atoms with Crippen LogP contribution in [-0.4, -0.2) is 45.8 Å². The Morgan fingerprint density at radius 3 is 2.55 bits per heavy atom. The summed E-state index contributed by atoms with van der Waals surface area (Å²) in [5.74, 6) is 2.96. The first-order valence-corrected chi connectivity index (χ1v) is 8.38. The maximum Gasteiger partial charge on any atom is 0.147 e. The molecule has 2 aliphatic rings. The first-order valence-electron chi connectivity index (χ1n) is 8.38. The number of piperidine rings is 1. The molecule has 1 fully saturated rings. The van der Waals surface area contributed by atoms with Crippen LogP contribution in [-0.2, 0) is 13.1 Å². The van der Waals surface area contributed by atoms with Crippen LogP contribution in [0.4, 0.5) is 0 Å². The van der Waals surface area contributed by atoms with E-state index in [9.17, 15) is 0 Å². The Morgan fingerprint density at radius 1 is 1.14 bits per heavy atom. The van der Waals surface area contributed by atoms with Crippen molar-refractivity contribution in [3.05, 3.63) is 11.6 Å². The first-order chi connectivity index (χ1) is 10.0. The summed E-state index contributed by atoms with van der Waals surface area (Å²) in [6, 6.07) is 0. The van der Waals surface area contributed by atoms with Crippen LogP contribution in [0.1, 0.15) is 57.6 Å². The summed E-state index contributed by atoms with van der Waals surface area (Å²) in [5.41, 5.74) is 0.440. The molecule has 6 heteroatoms. The van der Waals surface area contributed by atoms with Gasteiger partial charge in [-0.25, -0.2) is 0 Å². The number of nitrogens with one attached hydrogen (secondary N) is 1. The van der Waals surface area contributed by atoms with Crippen molar-refractivity contribution in [2.24, 2.45) is 5.41 Å². The summed E-state index contributed by atoms with van der Waals surface area (Å²) in [7, 11) is 0. The van der Waals surface area contributed by atoms with E-state index < -0.39 is 0 Å². The fourth-order valence-electron chi connectivity index (χ4n) is 3.32. The highest BCUT2D eigenvalue weighted by molar-refractivity contribution is 5.85. The molecule has 1 saturated heterocycles. The van der Waals surface area contributed by atoms with Gasteiger partial charge in [-0.1, -0.05) is 20.8 Å². The average molecular weight is 328 g/mol. The van der Waals surface area contributed by atoms with Crippen LogP contribution in [0, 0.1) is 5.41 Å². The normalized spacial score (nSPS) is 20.5. The Bertz CT molecular complexity index is 471. The number of aromatic nitrogens is 3. The molecule has 0 spiro atoms. The second-order valence-electron chi connectivity index (χ2n) is 7.73. The Hall–Kier alpha value is -0.650. The molecule has 1 aromatic heterocycles. The van der Waals surface area contributed by atoms with E-state index in [1.165, 1.54) is 44.7 Å². The van der Waals surface area contributed by atoms with E-state index in [1.54, 1.807) is 0 Å². The van der Waals surface area contributed by atoms with Crippen molar-refractivity contribution < 1.29 is 0 Å². The molecule has 0 amide bonds. The molecule has 1 N–H and O–H groups in total. The number of likely N-dealkylation sites (tertiary alicyclic amines) is 1. The zero-order valence-corrected chi connectivity index (χ0v) is 15.0. The summed E-state index contributed by atoms with van der Waals surface area (Å²) in [4.78, 5) is 2.62. The van der Waals surface area contributed by atoms with Gasteiger partial charge in [0.05, 0.1) is 6.54 Å². The van der Waals surface area contributed by atoms with Crippen molar-refractivity contribution in [3.8, 4) is 0 Å². The van der Waals surface area contributed by atoms with Gasteiger partial charge < -0.3 is 14.8 Å². The molecule has 3 rings (SSSR count). The minimum atomic E-state index is 0. The molecule has 0 aliphatic carbocycles. The van der Waals surface area contributed by atoms with E-state index in [1.807, 2.05) is 0 Å². The SMILES string of the molecule is CC(C)(C)CCN1CCC(c2nnc3n2CCNC3)CC1.Cl. The fraction of sp³-hybridized carbons (Fsp3) is 0.875. The third-order valence-corrected chi connectivity index (χ3v) is 4.78. The Kier molecular flexibility index (Phi) is 5.86. The Labute approximate surface area is 140 Å². The number of hydrogen-bond donors (Lipinski definition) is 1. The van der Waals surface area contributed by atoms with Crippen LogP contribution in [0.25, 0.3) is 0 Å². The molecule has 0 atom stereocenters. The quantitative estimate of drug-likeness (QED) is 0.926. The van der Waals surface area contributed by atoms with Crippen LogP contribution in [0.5, 0.6) is 0 Å². The van der Waals surface area contributed by atoms with Crippen molar-refractivity contribution >= 4 is 12.4 Å². The van der Waals surface area contributed by atoms with Gasteiger partial charge in [-0.2, -0.15) is 0 Å². The third kappa shape index (κ3) is 4.21. The minimum absolute atomic E-state index is 0. The number of fused-ring (bicyclic) bond motifs is 1. The molecule has 126 valence electrons. The predicted molar refractivity (Wildman–Crippen MR) is 91.5 cm³/mol. The predicted octanol–water partition coefficient (Wildman–Crippen LogP) is 2.42. The molecule has 2 aliphatic heterocycles. The first kappa shape index (κ1) is 17.7. The molecule has 0 unspecified atom stereocenters. The van der Waals surface area contributed by atoms with E-state index >= 15 is 0 Å². The molecular formula is C16H30ClN5. The smallest absolute Gasteiger partial charge is 0.147 e. The topological polar surface area (TPSA) is 46.0 Å². The number of rotatable bonds is 3. The van der Waals surface area contributed by atoms with Gasteiger partial charge in [-0.05, 0) is 44.3 Å². The number of nitrogens with zero attached hydrogens (tertiary/aromatic N) is 4. The van der Waals surface area contributed by atoms with Gasteiger partial charge >= 0.3 is 0 Å². The molecule has 0 aromatic carbocycles. The van der Waals surface area contributed by atoms with E-state index in [4.69, 9.17) is 0 Å². The molecule has 3 heterocycles. The maximum atomic E-state index is 4.49. The van der Waals surface area contributed by atoms with Crippen LogP contribution in [0.2, 0.25) is 0 Å². The van der Waals surface area contributed by atoms with Crippen molar-refractivity contribution in [2.45, 2.75) is 59.0 Å². The van der Waals surface area contributed by atoms with Crippen molar-refractivity contribution in [3.63, 3.8) is 0 Å². The molecular weight excluding hydrogens is 298 g/mol. The van der Waals surface area contributed by atoms with Gasteiger partial charge in [0.2, 0.25) is 0 Å². The summed E-state index contributed by atoms with van der Waals surface area (Å²) in [5, 5.41) is 12.2. The Morgan fingerprint density at radius 2 is 1.86 bits per heavy atom. The van der Waals surface area contributed by atoms with E-state index in [2.05, 4.69) is 45.8 Å². The van der Waals surface area contributed by atoms with Crippen molar-refractivity contribution in [1.82, 2.24) is 25.0 Å². The van der Waals surface area contributed by atoms with Gasteiger partial charge in [-0.15, -0.1) is 22.6 Å². The van der Waals surface area contributed by atoms with Crippen LogP contribution in [0.15, 0.2) is 0 Å². The van der Waals surface area contributed by atoms with Gasteiger partial charge in [0.25, 0.3) is 0 Å². The molecule has 0 saturated carbocycles. The average Bonchev–Trinajstić information content (AvgIpc) is 2.89. The molecule has 0 radical (unpaired) electrons. The maximum absolute atomic E-state index is 4.49. The van der Waals surface area contributed by atoms with E-state index in [0.717, 1.165) is 25.5 Å². The van der Waals surface area contributed by atoms with Gasteiger partial charge in [0.1, 0.15) is 11.6 Å². The van der Waals surface area contributed by atoms with Crippen molar-refractivity contribution in [1.29, 1.82) is 0 Å². The summed E-state index contributed by atoms with van der Waals surface area (Å²) in [6.45, 7) is 13.6. The molecule has 5 nitrogen and oxygen atoms in total. The van der Waals surface area contributed by atoms with Crippen LogP contribution < -0.4 is 5.32 Å². The molecule has 0 bridgehead atoms. The zero-order valence-electron chi connectivity index (χ0n) is 14.1. The fourth-order valence-corrected chi connectivity index (χ4v) is 3.32. The lowest BCUT2D eigenvalue weighted by Gasteiger charge is -2.33. The highest BCUT2D eigenvalue weighted by Gasteiger charge is 2.27. The number of halogens is 1. The van der Waals surface area contributed by atoms with E-state index in [-0.39, 0.29) is 12.4 Å². The van der Waals surface area contributed by atoms with Crippen LogP contribution in [0.3, 0.4) is 0 Å². The van der Waals surface area contributed by atoms with Gasteiger partial charge in [0, 0.05) is 19.0 Å². The van der Waals surface area contributed by atoms with E-state index in [0.29, 0.717) is 11.3 Å². The molecule has 1 aromatic rings. The monoisotopic (exact) mass is 327 g/mol. The minimum Gasteiger partial charge on any atom is -0.312 e. The highest BCUT2D eigenvalue weighted by atomic mass is 35.5. The second-order valence-corrected chi connectivity index (χ2v) is 7.73. The highest BCUT2D eigenvalue weighted by Crippen LogP contribution is 2.28. The lowest BCUT2D eigenvalue weighted by molar-refractivity contribution is 0.181. The van der Waals surface area contributed by atoms with Gasteiger partial charge in [0.15, 0.2) is 0 Å². The third-order valence-electron chi connectivity index (χ3n) is 4.78. The van der Waals surface area contributed by atoms with Crippen molar-refractivity contribution in [2.75, 3.05) is 26.2 Å². The lowest BCUT2D eigenvalue weighted by atomic mass is 9.90. The lowest BCUT2D eigenvalue weighted by Crippen LogP contribution is -2.36. The largest absolute Gasteiger partial charge is 0.312 e. The summed E-state index contributed by atoms with van der Waals surface area (Å²) in [6.07, 6.45) is 3.75. The summed E-state index contributed by atoms with van der Waals surface area (Å²) < 4.78 is 2.35. The Balaban J connectivity index is 0.00000176. The van der Waals surface area contributed by atoms with Gasteiger partial charge in [-0.3, -0.25) is 0 Å². The summed E-state index contributed by atoms with van der Waals surface area (Å²) >= 11 is 0. The van der Waals surface area contributed by atoms with Crippen LogP contribution >= 0.6 is 12.4 Å². The standard InChI is InChI=1S/C16H29N5.ClH/c1-16(2,3)6-10-20-8-4-13(5-9-20)15-19-18-14-12-17-7-11-21(14)15;/h13,17H,4-12H2,1-3H3;1H. The number of hydrogen-bond acceptors (Lipinski definition) is 4. The molecule has 22 heavy (non-hydrogen) atoms.